The van der Waals surface area contributed by atoms with Gasteiger partial charge in [-0.3, -0.25) is 4.79 Å². The summed E-state index contributed by atoms with van der Waals surface area (Å²) in [5.41, 5.74) is 6.58. The Bertz CT molecular complexity index is 1280. The van der Waals surface area contributed by atoms with Crippen LogP contribution in [0.3, 0.4) is 0 Å². The van der Waals surface area contributed by atoms with Crippen LogP contribution in [0.25, 0.3) is 22.8 Å². The highest BCUT2D eigenvalue weighted by atomic mass is 19.1. The van der Waals surface area contributed by atoms with E-state index in [1.807, 2.05) is 18.2 Å². The van der Waals surface area contributed by atoms with Gasteiger partial charge in [-0.15, -0.1) is 0 Å². The summed E-state index contributed by atoms with van der Waals surface area (Å²) in [5.74, 6) is -0.474. The fraction of sp³-hybridized carbons (Fsp3) is 0.310. The van der Waals surface area contributed by atoms with Crippen molar-refractivity contribution in [2.45, 2.75) is 38.5 Å². The molecule has 0 aliphatic heterocycles. The van der Waals surface area contributed by atoms with Gasteiger partial charge in [0.15, 0.2) is 0 Å². The van der Waals surface area contributed by atoms with Crippen molar-refractivity contribution < 1.29 is 19.0 Å². The number of pyridine rings is 1. The van der Waals surface area contributed by atoms with Crippen molar-refractivity contribution in [1.82, 2.24) is 4.98 Å². The molecule has 2 aliphatic carbocycles. The molecule has 0 unspecified atom stereocenters. The van der Waals surface area contributed by atoms with E-state index in [2.05, 4.69) is 29.3 Å². The smallest absolute Gasteiger partial charge is 0.306 e. The zero-order valence-electron chi connectivity index (χ0n) is 19.4. The van der Waals surface area contributed by atoms with Crippen molar-refractivity contribution in [2.24, 2.45) is 11.8 Å². The lowest BCUT2D eigenvalue weighted by atomic mass is 9.80. The number of hydrogen-bond acceptors (Lipinski definition) is 3. The number of aromatic nitrogens is 1. The number of carboxylic acids is 1. The molecule has 2 aliphatic rings. The standard InChI is InChI=1S/C29H28FNO3/c1-17(29(32)33)28(19-5-6-19)23-8-4-18-3-7-22(13-24(18)14-23)25-10-9-20(15-26(25)30)21-11-12-31-27(16-21)34-2/h4,8-17,19,28H,3,5-7H2,1-2H3,(H,32,33)/t17-,28+/m1/s1. The highest BCUT2D eigenvalue weighted by molar-refractivity contribution is 5.85. The zero-order valence-corrected chi connectivity index (χ0v) is 19.4. The molecule has 1 aromatic heterocycles. The first-order chi connectivity index (χ1) is 16.4. The molecule has 1 N–H and O–H groups in total. The van der Waals surface area contributed by atoms with Gasteiger partial charge in [0.25, 0.3) is 0 Å². The topological polar surface area (TPSA) is 59.4 Å². The largest absolute Gasteiger partial charge is 0.481 e. The van der Waals surface area contributed by atoms with Gasteiger partial charge in [-0.05, 0) is 83.0 Å². The Morgan fingerprint density at radius 1 is 1.09 bits per heavy atom. The Morgan fingerprint density at radius 2 is 1.88 bits per heavy atom. The quantitative estimate of drug-likeness (QED) is 0.434. The summed E-state index contributed by atoms with van der Waals surface area (Å²) in [7, 11) is 1.56. The average molecular weight is 458 g/mol. The number of nitrogens with zero attached hydrogens (tertiary/aromatic N) is 1. The van der Waals surface area contributed by atoms with Crippen LogP contribution in [-0.4, -0.2) is 23.2 Å². The number of rotatable bonds is 7. The van der Waals surface area contributed by atoms with E-state index in [0.717, 1.165) is 53.5 Å². The minimum atomic E-state index is -0.750. The van der Waals surface area contributed by atoms with Gasteiger partial charge < -0.3 is 9.84 Å². The number of fused-ring (bicyclic) bond motifs is 1. The van der Waals surface area contributed by atoms with E-state index < -0.39 is 11.9 Å². The van der Waals surface area contributed by atoms with Crippen LogP contribution < -0.4 is 4.74 Å². The molecule has 174 valence electrons. The number of hydrogen-bond donors (Lipinski definition) is 1. The maximum atomic E-state index is 15.2. The first kappa shape index (κ1) is 22.3. The monoisotopic (exact) mass is 457 g/mol. The second-order valence-corrected chi connectivity index (χ2v) is 9.40. The van der Waals surface area contributed by atoms with Crippen molar-refractivity contribution in [1.29, 1.82) is 0 Å². The first-order valence-electron chi connectivity index (χ1n) is 11.8. The second kappa shape index (κ2) is 9.05. The van der Waals surface area contributed by atoms with Crippen LogP contribution in [0, 0.1) is 17.7 Å². The van der Waals surface area contributed by atoms with Crippen LogP contribution in [0.2, 0.25) is 0 Å². The van der Waals surface area contributed by atoms with Gasteiger partial charge in [-0.1, -0.05) is 43.3 Å². The number of carbonyl (C=O) groups is 1. The molecule has 0 spiro atoms. The number of halogens is 1. The molecule has 34 heavy (non-hydrogen) atoms. The van der Waals surface area contributed by atoms with E-state index in [0.29, 0.717) is 17.4 Å². The van der Waals surface area contributed by atoms with E-state index in [4.69, 9.17) is 4.74 Å². The Balaban J connectivity index is 1.46. The molecule has 5 rings (SSSR count). The molecule has 0 radical (unpaired) electrons. The molecule has 4 nitrogen and oxygen atoms in total. The molecule has 1 saturated carbocycles. The molecule has 2 aromatic carbocycles. The summed E-state index contributed by atoms with van der Waals surface area (Å²) in [6.07, 6.45) is 7.50. The van der Waals surface area contributed by atoms with Crippen LogP contribution in [0.1, 0.15) is 54.4 Å². The highest BCUT2D eigenvalue weighted by Crippen LogP contribution is 2.47. The normalized spacial score (nSPS) is 16.9. The number of benzene rings is 2. The number of allylic oxidation sites excluding steroid dienone is 1. The van der Waals surface area contributed by atoms with Gasteiger partial charge in [-0.2, -0.15) is 0 Å². The van der Waals surface area contributed by atoms with Crippen molar-refractivity contribution >= 4 is 17.6 Å². The summed E-state index contributed by atoms with van der Waals surface area (Å²) >= 11 is 0. The predicted octanol–water partition coefficient (Wildman–Crippen LogP) is 6.60. The third kappa shape index (κ3) is 4.35. The predicted molar refractivity (Wildman–Crippen MR) is 131 cm³/mol. The van der Waals surface area contributed by atoms with Crippen molar-refractivity contribution in [3.05, 3.63) is 82.8 Å². The van der Waals surface area contributed by atoms with Gasteiger partial charge >= 0.3 is 5.97 Å². The summed E-state index contributed by atoms with van der Waals surface area (Å²) in [6.45, 7) is 1.81. The molecule has 0 saturated heterocycles. The molecule has 1 heterocycles. The van der Waals surface area contributed by atoms with Crippen molar-refractivity contribution in [3.8, 4) is 17.0 Å². The average Bonchev–Trinajstić information content (AvgIpc) is 3.68. The SMILES string of the molecule is COc1cc(-c2ccc(C3=Cc4cc([C@H](C5CC5)[C@@H](C)C(=O)O)ccc4CC3)c(F)c2)ccn1. The third-order valence-electron chi connectivity index (χ3n) is 7.20. The summed E-state index contributed by atoms with van der Waals surface area (Å²) in [5, 5.41) is 9.62. The summed E-state index contributed by atoms with van der Waals surface area (Å²) in [6, 6.07) is 15.3. The number of aliphatic carboxylic acids is 1. The zero-order chi connectivity index (χ0) is 23.8. The van der Waals surface area contributed by atoms with E-state index in [-0.39, 0.29) is 11.7 Å². The van der Waals surface area contributed by atoms with Crippen molar-refractivity contribution in [2.75, 3.05) is 7.11 Å². The lowest BCUT2D eigenvalue weighted by Crippen LogP contribution is -2.21. The Kier molecular flexibility index (Phi) is 5.94. The Morgan fingerprint density at radius 3 is 2.59 bits per heavy atom. The van der Waals surface area contributed by atoms with Gasteiger partial charge in [0, 0.05) is 17.8 Å². The second-order valence-electron chi connectivity index (χ2n) is 9.40. The number of carboxylic acid groups (broad SMARTS) is 1. The van der Waals surface area contributed by atoms with Gasteiger partial charge in [0.1, 0.15) is 5.82 Å². The Labute approximate surface area is 199 Å². The lowest BCUT2D eigenvalue weighted by molar-refractivity contribution is -0.142. The minimum absolute atomic E-state index is 0.0231. The third-order valence-corrected chi connectivity index (χ3v) is 7.20. The number of ether oxygens (including phenoxy) is 1. The maximum absolute atomic E-state index is 15.2. The molecule has 2 atom stereocenters. The number of methoxy groups -OCH3 is 1. The molecular formula is C29H28FNO3. The minimum Gasteiger partial charge on any atom is -0.481 e. The molecular weight excluding hydrogens is 429 g/mol. The Hall–Kier alpha value is -3.47. The molecule has 1 fully saturated rings. The first-order valence-corrected chi connectivity index (χ1v) is 11.8. The fourth-order valence-corrected chi connectivity index (χ4v) is 5.16. The van der Waals surface area contributed by atoms with Crippen molar-refractivity contribution in [3.63, 3.8) is 0 Å². The van der Waals surface area contributed by atoms with Crippen LogP contribution in [0.15, 0.2) is 54.7 Å². The van der Waals surface area contributed by atoms with E-state index in [9.17, 15) is 9.90 Å². The summed E-state index contributed by atoms with van der Waals surface area (Å²) < 4.78 is 20.4. The molecule has 0 amide bonds. The maximum Gasteiger partial charge on any atom is 0.306 e. The number of aryl methyl sites for hydroxylation is 1. The van der Waals surface area contributed by atoms with Gasteiger partial charge in [0.05, 0.1) is 13.0 Å². The molecule has 5 heteroatoms. The van der Waals surface area contributed by atoms with Crippen LogP contribution in [0.4, 0.5) is 4.39 Å². The van der Waals surface area contributed by atoms with E-state index >= 15 is 4.39 Å². The summed E-state index contributed by atoms with van der Waals surface area (Å²) in [4.78, 5) is 15.8. The molecule has 3 aromatic rings. The van der Waals surface area contributed by atoms with Crippen LogP contribution in [0.5, 0.6) is 5.88 Å². The van der Waals surface area contributed by atoms with Crippen LogP contribution >= 0.6 is 0 Å². The van der Waals surface area contributed by atoms with Gasteiger partial charge in [-0.25, -0.2) is 9.37 Å². The van der Waals surface area contributed by atoms with Crippen LogP contribution in [-0.2, 0) is 11.2 Å². The molecule has 0 bridgehead atoms. The van der Waals surface area contributed by atoms with E-state index in [1.165, 1.54) is 5.56 Å². The fourth-order valence-electron chi connectivity index (χ4n) is 5.16. The lowest BCUT2D eigenvalue weighted by Gasteiger charge is -2.24. The van der Waals surface area contributed by atoms with E-state index in [1.54, 1.807) is 32.4 Å². The highest BCUT2D eigenvalue weighted by Gasteiger charge is 2.38. The van der Waals surface area contributed by atoms with Gasteiger partial charge in [0.2, 0.25) is 5.88 Å².